The predicted molar refractivity (Wildman–Crippen MR) is 139 cm³/mol. The lowest BCUT2D eigenvalue weighted by Gasteiger charge is -2.34. The highest BCUT2D eigenvalue weighted by molar-refractivity contribution is 9.10. The zero-order valence-electron chi connectivity index (χ0n) is 20.3. The summed E-state index contributed by atoms with van der Waals surface area (Å²) in [5, 5.41) is 0. The van der Waals surface area contributed by atoms with Gasteiger partial charge in [-0.25, -0.2) is 13.1 Å². The van der Waals surface area contributed by atoms with Crippen molar-refractivity contribution in [2.24, 2.45) is 11.8 Å². The van der Waals surface area contributed by atoms with E-state index in [0.717, 1.165) is 80.7 Å². The van der Waals surface area contributed by atoms with Gasteiger partial charge in [0.15, 0.2) is 0 Å². The Balaban J connectivity index is 1.15. The van der Waals surface area contributed by atoms with Crippen LogP contribution in [-0.4, -0.2) is 39.0 Å². The van der Waals surface area contributed by atoms with E-state index in [-0.39, 0.29) is 6.04 Å². The van der Waals surface area contributed by atoms with E-state index in [0.29, 0.717) is 23.2 Å². The first-order valence-corrected chi connectivity index (χ1v) is 15.0. The summed E-state index contributed by atoms with van der Waals surface area (Å²) in [6, 6.07) is 12.4. The fourth-order valence-electron chi connectivity index (χ4n) is 5.46. The highest BCUT2D eigenvalue weighted by Crippen LogP contribution is 2.32. The van der Waals surface area contributed by atoms with Crippen molar-refractivity contribution >= 4 is 26.0 Å². The molecule has 2 aliphatic rings. The lowest BCUT2D eigenvalue weighted by molar-refractivity contribution is -0.137. The van der Waals surface area contributed by atoms with Crippen LogP contribution < -0.4 is 4.72 Å². The minimum atomic E-state index is -4.29. The number of sulfonamides is 1. The SMILES string of the molecule is O=S(=O)(NC1CCC(CCN2CCC(Cc3cccc(C(F)(F)F)c3)CC2)CC1)c1ccc(Br)cc1. The second-order valence-electron chi connectivity index (χ2n) is 10.3. The molecule has 4 nitrogen and oxygen atoms in total. The summed E-state index contributed by atoms with van der Waals surface area (Å²) in [7, 11) is -3.50. The van der Waals surface area contributed by atoms with E-state index in [1.54, 1.807) is 30.3 Å². The molecule has 1 aliphatic heterocycles. The van der Waals surface area contributed by atoms with Crippen molar-refractivity contribution in [1.29, 1.82) is 0 Å². The third-order valence-electron chi connectivity index (χ3n) is 7.63. The van der Waals surface area contributed by atoms with Crippen molar-refractivity contribution < 1.29 is 21.6 Å². The van der Waals surface area contributed by atoms with E-state index in [2.05, 4.69) is 25.6 Å². The van der Waals surface area contributed by atoms with Crippen LogP contribution in [-0.2, 0) is 22.6 Å². The highest BCUT2D eigenvalue weighted by atomic mass is 79.9. The van der Waals surface area contributed by atoms with Gasteiger partial charge < -0.3 is 4.90 Å². The molecule has 4 rings (SSSR count). The van der Waals surface area contributed by atoms with Gasteiger partial charge in [0.1, 0.15) is 0 Å². The average Bonchev–Trinajstić information content (AvgIpc) is 2.84. The van der Waals surface area contributed by atoms with Crippen LogP contribution in [0.4, 0.5) is 13.2 Å². The molecule has 36 heavy (non-hydrogen) atoms. The zero-order chi connectivity index (χ0) is 25.8. The number of hydrogen-bond donors (Lipinski definition) is 1. The minimum absolute atomic E-state index is 0.0125. The topological polar surface area (TPSA) is 49.4 Å². The number of piperidine rings is 1. The van der Waals surface area contributed by atoms with E-state index in [1.165, 1.54) is 12.1 Å². The molecule has 0 bridgehead atoms. The molecule has 1 aliphatic carbocycles. The van der Waals surface area contributed by atoms with Crippen molar-refractivity contribution in [3.05, 3.63) is 64.1 Å². The Kier molecular flexibility index (Phi) is 9.18. The van der Waals surface area contributed by atoms with E-state index in [9.17, 15) is 21.6 Å². The summed E-state index contributed by atoms with van der Waals surface area (Å²) < 4.78 is 67.9. The number of alkyl halides is 3. The molecule has 0 aromatic heterocycles. The van der Waals surface area contributed by atoms with E-state index >= 15 is 0 Å². The molecule has 0 radical (unpaired) electrons. The van der Waals surface area contributed by atoms with Crippen molar-refractivity contribution in [2.45, 2.75) is 68.5 Å². The molecule has 2 aromatic rings. The molecule has 2 aromatic carbocycles. The number of likely N-dealkylation sites (tertiary alicyclic amines) is 1. The molecule has 0 amide bonds. The van der Waals surface area contributed by atoms with Crippen LogP contribution >= 0.6 is 15.9 Å². The number of rotatable bonds is 8. The molecule has 0 atom stereocenters. The summed E-state index contributed by atoms with van der Waals surface area (Å²) in [5.74, 6) is 1.04. The van der Waals surface area contributed by atoms with Crippen LogP contribution in [0.1, 0.15) is 56.1 Å². The molecule has 1 saturated carbocycles. The Hall–Kier alpha value is -1.42. The first-order valence-electron chi connectivity index (χ1n) is 12.7. The number of benzene rings is 2. The maximum absolute atomic E-state index is 13.0. The van der Waals surface area contributed by atoms with Gasteiger partial charge in [0.25, 0.3) is 0 Å². The molecule has 9 heteroatoms. The van der Waals surface area contributed by atoms with Crippen molar-refractivity contribution in [3.8, 4) is 0 Å². The molecule has 0 spiro atoms. The number of halogens is 4. The first kappa shape index (κ1) is 27.6. The average molecular weight is 588 g/mol. The normalized spacial score (nSPS) is 22.6. The van der Waals surface area contributed by atoms with Gasteiger partial charge >= 0.3 is 6.18 Å². The minimum Gasteiger partial charge on any atom is -0.303 e. The Labute approximate surface area is 220 Å². The van der Waals surface area contributed by atoms with Gasteiger partial charge in [0.05, 0.1) is 10.5 Å². The van der Waals surface area contributed by atoms with E-state index in [1.807, 2.05) is 0 Å². The monoisotopic (exact) mass is 586 g/mol. The summed E-state index contributed by atoms with van der Waals surface area (Å²) in [4.78, 5) is 2.77. The van der Waals surface area contributed by atoms with Gasteiger partial charge in [-0.1, -0.05) is 34.1 Å². The van der Waals surface area contributed by atoms with Crippen LogP contribution in [0.2, 0.25) is 0 Å². The number of hydrogen-bond acceptors (Lipinski definition) is 3. The number of nitrogens with zero attached hydrogens (tertiary/aromatic N) is 1. The summed E-state index contributed by atoms with van der Waals surface area (Å²) in [5.41, 5.74) is 0.212. The van der Waals surface area contributed by atoms with Gasteiger partial charge in [-0.15, -0.1) is 0 Å². The van der Waals surface area contributed by atoms with Gasteiger partial charge in [-0.3, -0.25) is 0 Å². The van der Waals surface area contributed by atoms with Crippen LogP contribution in [0.5, 0.6) is 0 Å². The fourth-order valence-corrected chi connectivity index (χ4v) is 7.03. The standard InChI is InChI=1S/C27H34BrF3N2O2S/c28-24-6-10-26(11-7-24)36(34,35)32-25-8-4-20(5-9-25)12-15-33-16-13-21(14-17-33)18-22-2-1-3-23(19-22)27(29,30)31/h1-3,6-7,10-11,19-21,25,32H,4-5,8-9,12-18H2. The summed E-state index contributed by atoms with van der Waals surface area (Å²) in [6.45, 7) is 3.02. The molecule has 1 heterocycles. The zero-order valence-corrected chi connectivity index (χ0v) is 22.7. The third kappa shape index (κ3) is 7.79. The van der Waals surface area contributed by atoms with Crippen molar-refractivity contribution in [1.82, 2.24) is 9.62 Å². The van der Waals surface area contributed by atoms with Gasteiger partial charge in [0, 0.05) is 10.5 Å². The Morgan fingerprint density at radius 3 is 2.22 bits per heavy atom. The van der Waals surface area contributed by atoms with Gasteiger partial charge in [0.2, 0.25) is 10.0 Å². The van der Waals surface area contributed by atoms with E-state index < -0.39 is 21.8 Å². The lowest BCUT2D eigenvalue weighted by atomic mass is 9.84. The second-order valence-corrected chi connectivity index (χ2v) is 12.9. The molecule has 198 valence electrons. The maximum Gasteiger partial charge on any atom is 0.416 e. The predicted octanol–water partition coefficient (Wildman–Crippen LogP) is 6.65. The first-order chi connectivity index (χ1) is 17.1. The largest absolute Gasteiger partial charge is 0.416 e. The highest BCUT2D eigenvalue weighted by Gasteiger charge is 2.31. The smallest absolute Gasteiger partial charge is 0.303 e. The van der Waals surface area contributed by atoms with Gasteiger partial charge in [-0.05, 0) is 119 Å². The fraction of sp³-hybridized carbons (Fsp3) is 0.556. The molecular formula is C27H34BrF3N2O2S. The quantitative estimate of drug-likeness (QED) is 0.377. The van der Waals surface area contributed by atoms with Crippen LogP contribution in [0.15, 0.2) is 57.9 Å². The van der Waals surface area contributed by atoms with Crippen LogP contribution in [0.3, 0.4) is 0 Å². The molecule has 1 saturated heterocycles. The summed E-state index contributed by atoms with van der Waals surface area (Å²) in [6.07, 6.45) is 3.34. The Morgan fingerprint density at radius 2 is 1.58 bits per heavy atom. The maximum atomic E-state index is 13.0. The third-order valence-corrected chi connectivity index (χ3v) is 9.70. The second kappa shape index (κ2) is 12.0. The molecule has 0 unspecified atom stereocenters. The molecule has 2 fully saturated rings. The lowest BCUT2D eigenvalue weighted by Crippen LogP contribution is -2.39. The Bertz CT molecular complexity index is 1090. The van der Waals surface area contributed by atoms with E-state index in [4.69, 9.17) is 0 Å². The van der Waals surface area contributed by atoms with Crippen molar-refractivity contribution in [2.75, 3.05) is 19.6 Å². The van der Waals surface area contributed by atoms with Gasteiger partial charge in [-0.2, -0.15) is 13.2 Å². The summed E-state index contributed by atoms with van der Waals surface area (Å²) >= 11 is 3.33. The molecule has 1 N–H and O–H groups in total. The van der Waals surface area contributed by atoms with Crippen LogP contribution in [0.25, 0.3) is 0 Å². The number of nitrogens with one attached hydrogen (secondary N) is 1. The molecular weight excluding hydrogens is 553 g/mol. The van der Waals surface area contributed by atoms with Crippen LogP contribution in [0, 0.1) is 11.8 Å². The Morgan fingerprint density at radius 1 is 0.917 bits per heavy atom. The van der Waals surface area contributed by atoms with Crippen molar-refractivity contribution in [3.63, 3.8) is 0 Å².